The molecule has 1 aliphatic heterocycles. The van der Waals surface area contributed by atoms with E-state index in [1.165, 1.54) is 24.3 Å². The van der Waals surface area contributed by atoms with Crippen molar-refractivity contribution in [2.24, 2.45) is 5.92 Å². The van der Waals surface area contributed by atoms with Crippen molar-refractivity contribution < 1.29 is 45.4 Å². The maximum absolute atomic E-state index is 13.5. The number of carbonyl (C=O) groups is 1. The summed E-state index contributed by atoms with van der Waals surface area (Å²) in [5, 5.41) is 12.6. The molecule has 1 amide bonds. The van der Waals surface area contributed by atoms with Crippen LogP contribution in [0.2, 0.25) is 0 Å². The van der Waals surface area contributed by atoms with Crippen molar-refractivity contribution in [3.63, 3.8) is 0 Å². The fourth-order valence-corrected chi connectivity index (χ4v) is 5.05. The van der Waals surface area contributed by atoms with E-state index in [1.54, 1.807) is 0 Å². The first-order chi connectivity index (χ1) is 16.3. The molecule has 2 N–H and O–H groups in total. The van der Waals surface area contributed by atoms with E-state index < -0.39 is 66.0 Å². The van der Waals surface area contributed by atoms with E-state index in [1.807, 2.05) is 0 Å². The van der Waals surface area contributed by atoms with Gasteiger partial charge in [0, 0.05) is 18.4 Å². The third-order valence-corrected chi connectivity index (χ3v) is 6.64. The zero-order chi connectivity index (χ0) is 25.5. The van der Waals surface area contributed by atoms with Crippen molar-refractivity contribution in [2.45, 2.75) is 62.4 Å². The molecule has 2 fully saturated rings. The molecule has 0 aromatic heterocycles. The average Bonchev–Trinajstić information content (AvgIpc) is 3.34. The SMILES string of the molecule is O=C1N[C@@H]([C@@H]2CC[C@H](OCc3cc(C(F)(F)F)cc(C(F)(F)F)c3)[C@H]2c2ccc(F)cc2)C[C@H]1O. The zero-order valence-corrected chi connectivity index (χ0v) is 18.2. The molecule has 5 atom stereocenters. The summed E-state index contributed by atoms with van der Waals surface area (Å²) < 4.78 is 98.5. The molecular formula is C24H22F7NO3. The summed E-state index contributed by atoms with van der Waals surface area (Å²) >= 11 is 0. The largest absolute Gasteiger partial charge is 0.416 e. The Labute approximate surface area is 196 Å². The summed E-state index contributed by atoms with van der Waals surface area (Å²) in [7, 11) is 0. The normalized spacial score (nSPS) is 27.3. The van der Waals surface area contributed by atoms with E-state index in [2.05, 4.69) is 5.32 Å². The maximum Gasteiger partial charge on any atom is 0.416 e. The average molecular weight is 505 g/mol. The van der Waals surface area contributed by atoms with Crippen molar-refractivity contribution in [1.29, 1.82) is 0 Å². The Balaban J connectivity index is 1.59. The lowest BCUT2D eigenvalue weighted by Crippen LogP contribution is -2.36. The van der Waals surface area contributed by atoms with Gasteiger partial charge in [-0.3, -0.25) is 4.79 Å². The van der Waals surface area contributed by atoms with Crippen molar-refractivity contribution in [3.05, 3.63) is 70.5 Å². The molecule has 1 aliphatic carbocycles. The first kappa shape index (κ1) is 25.4. The molecule has 1 saturated carbocycles. The summed E-state index contributed by atoms with van der Waals surface area (Å²) in [6, 6.07) is 6.47. The molecule has 1 saturated heterocycles. The van der Waals surface area contributed by atoms with E-state index in [4.69, 9.17) is 4.74 Å². The monoisotopic (exact) mass is 505 g/mol. The van der Waals surface area contributed by atoms with E-state index in [-0.39, 0.29) is 24.0 Å². The second-order valence-corrected chi connectivity index (χ2v) is 8.95. The zero-order valence-electron chi connectivity index (χ0n) is 18.2. The number of carbonyl (C=O) groups excluding carboxylic acids is 1. The highest BCUT2D eigenvalue weighted by Gasteiger charge is 2.46. The van der Waals surface area contributed by atoms with Gasteiger partial charge in [0.2, 0.25) is 5.91 Å². The third-order valence-electron chi connectivity index (χ3n) is 6.64. The number of nitrogens with one attached hydrogen (secondary N) is 1. The van der Waals surface area contributed by atoms with Gasteiger partial charge in [0.1, 0.15) is 11.9 Å². The Morgan fingerprint density at radius 3 is 2.06 bits per heavy atom. The van der Waals surface area contributed by atoms with Gasteiger partial charge in [-0.2, -0.15) is 26.3 Å². The summed E-state index contributed by atoms with van der Waals surface area (Å²) in [6.45, 7) is -0.498. The van der Waals surface area contributed by atoms with Crippen LogP contribution in [-0.2, 0) is 28.5 Å². The predicted molar refractivity (Wildman–Crippen MR) is 109 cm³/mol. The highest BCUT2D eigenvalue weighted by Crippen LogP contribution is 2.45. The van der Waals surface area contributed by atoms with Crippen molar-refractivity contribution >= 4 is 5.91 Å². The van der Waals surface area contributed by atoms with Gasteiger partial charge in [-0.1, -0.05) is 12.1 Å². The lowest BCUT2D eigenvalue weighted by atomic mass is 9.82. The second-order valence-electron chi connectivity index (χ2n) is 8.95. The van der Waals surface area contributed by atoms with Crippen LogP contribution in [0.3, 0.4) is 0 Å². The maximum atomic E-state index is 13.5. The molecular weight excluding hydrogens is 483 g/mol. The van der Waals surface area contributed by atoms with Gasteiger partial charge in [-0.25, -0.2) is 4.39 Å². The van der Waals surface area contributed by atoms with E-state index in [9.17, 15) is 40.6 Å². The van der Waals surface area contributed by atoms with E-state index in [0.29, 0.717) is 30.5 Å². The Kier molecular flexibility index (Phi) is 6.85. The quantitative estimate of drug-likeness (QED) is 0.550. The Morgan fingerprint density at radius 1 is 0.943 bits per heavy atom. The van der Waals surface area contributed by atoms with Crippen molar-refractivity contribution in [3.8, 4) is 0 Å². The summed E-state index contributed by atoms with van der Waals surface area (Å²) in [5.74, 6) is -1.63. The van der Waals surface area contributed by atoms with Crippen LogP contribution in [0.25, 0.3) is 0 Å². The summed E-state index contributed by atoms with van der Waals surface area (Å²) in [4.78, 5) is 11.8. The number of halogens is 7. The van der Waals surface area contributed by atoms with Crippen molar-refractivity contribution in [2.75, 3.05) is 0 Å². The van der Waals surface area contributed by atoms with Crippen molar-refractivity contribution in [1.82, 2.24) is 5.32 Å². The first-order valence-corrected chi connectivity index (χ1v) is 11.0. The van der Waals surface area contributed by atoms with Gasteiger partial charge in [0.05, 0.1) is 23.8 Å². The lowest BCUT2D eigenvalue weighted by molar-refractivity contribution is -0.143. The topological polar surface area (TPSA) is 58.6 Å². The predicted octanol–water partition coefficient (Wildman–Crippen LogP) is 5.19. The molecule has 11 heteroatoms. The van der Waals surface area contributed by atoms with Crippen LogP contribution in [0, 0.1) is 11.7 Å². The van der Waals surface area contributed by atoms with Gasteiger partial charge in [-0.05, 0) is 60.2 Å². The molecule has 0 bridgehead atoms. The molecule has 2 aromatic carbocycles. The molecule has 35 heavy (non-hydrogen) atoms. The number of aliphatic hydroxyl groups excluding tert-OH is 1. The van der Waals surface area contributed by atoms with Crippen LogP contribution < -0.4 is 5.32 Å². The molecule has 4 rings (SSSR count). The van der Waals surface area contributed by atoms with Crippen LogP contribution in [0.1, 0.15) is 47.4 Å². The van der Waals surface area contributed by atoms with E-state index in [0.717, 1.165) is 0 Å². The fourth-order valence-electron chi connectivity index (χ4n) is 5.05. The minimum Gasteiger partial charge on any atom is -0.383 e. The number of hydrogen-bond acceptors (Lipinski definition) is 3. The highest BCUT2D eigenvalue weighted by molar-refractivity contribution is 5.83. The Bertz CT molecular complexity index is 1040. The van der Waals surface area contributed by atoms with Crippen LogP contribution >= 0.6 is 0 Å². The Morgan fingerprint density at radius 2 is 1.54 bits per heavy atom. The molecule has 1 heterocycles. The summed E-state index contributed by atoms with van der Waals surface area (Å²) in [6.07, 6.45) is -10.6. The number of ether oxygens (including phenoxy) is 1. The third kappa shape index (κ3) is 5.61. The molecule has 2 aliphatic rings. The number of amides is 1. The number of benzene rings is 2. The molecule has 4 nitrogen and oxygen atoms in total. The number of alkyl halides is 6. The fraction of sp³-hybridized carbons (Fsp3) is 0.458. The standard InChI is InChI=1S/C24H22F7NO3/c25-16-3-1-13(2-4-16)21-17(18-10-19(33)22(34)32-18)5-6-20(21)35-11-12-7-14(23(26,27)28)9-15(8-12)24(29,30)31/h1-4,7-9,17-21,33H,5-6,10-11H2,(H,32,34)/t17-,18+,19+,20-,21-/m0/s1. The van der Waals surface area contributed by atoms with E-state index >= 15 is 0 Å². The molecule has 0 spiro atoms. The smallest absolute Gasteiger partial charge is 0.383 e. The van der Waals surface area contributed by atoms with Crippen LogP contribution in [0.4, 0.5) is 30.7 Å². The van der Waals surface area contributed by atoms with Crippen LogP contribution in [-0.4, -0.2) is 29.3 Å². The summed E-state index contributed by atoms with van der Waals surface area (Å²) in [5.41, 5.74) is -2.46. The Hall–Kier alpha value is -2.66. The minimum absolute atomic E-state index is 0.0600. The van der Waals surface area contributed by atoms with Gasteiger partial charge < -0.3 is 15.2 Å². The number of aliphatic hydroxyl groups is 1. The minimum atomic E-state index is -4.97. The molecule has 0 unspecified atom stereocenters. The molecule has 0 radical (unpaired) electrons. The molecule has 190 valence electrons. The molecule has 2 aromatic rings. The number of hydrogen-bond donors (Lipinski definition) is 2. The van der Waals surface area contributed by atoms with Crippen LogP contribution in [0.15, 0.2) is 42.5 Å². The first-order valence-electron chi connectivity index (χ1n) is 11.0. The number of rotatable bonds is 5. The van der Waals surface area contributed by atoms with Crippen LogP contribution in [0.5, 0.6) is 0 Å². The van der Waals surface area contributed by atoms with Gasteiger partial charge in [-0.15, -0.1) is 0 Å². The van der Waals surface area contributed by atoms with Gasteiger partial charge >= 0.3 is 12.4 Å². The van der Waals surface area contributed by atoms with Gasteiger partial charge in [0.15, 0.2) is 0 Å². The highest BCUT2D eigenvalue weighted by atomic mass is 19.4. The van der Waals surface area contributed by atoms with Gasteiger partial charge in [0.25, 0.3) is 0 Å². The second kappa shape index (κ2) is 9.42. The lowest BCUT2D eigenvalue weighted by Gasteiger charge is -2.29.